The van der Waals surface area contributed by atoms with E-state index < -0.39 is 28.8 Å². The Labute approximate surface area is 165 Å². The van der Waals surface area contributed by atoms with Gasteiger partial charge in [-0.1, -0.05) is 26.8 Å². The number of hydrogen-bond acceptors (Lipinski definition) is 6. The topological polar surface area (TPSA) is 93.1 Å². The Kier molecular flexibility index (Phi) is 3.53. The molecule has 4 saturated carbocycles. The van der Waals surface area contributed by atoms with Crippen molar-refractivity contribution in [3.05, 3.63) is 12.2 Å². The van der Waals surface area contributed by atoms with Crippen molar-refractivity contribution < 1.29 is 29.3 Å². The molecule has 8 atom stereocenters. The maximum atomic E-state index is 13.6. The molecular weight excluding hydrogens is 360 g/mol. The van der Waals surface area contributed by atoms with E-state index >= 15 is 0 Å². The number of hydrogen-bond donors (Lipinski definition) is 2. The van der Waals surface area contributed by atoms with Crippen LogP contribution in [0.4, 0.5) is 0 Å². The zero-order chi connectivity index (χ0) is 20.3. The predicted octanol–water partition coefficient (Wildman–Crippen LogP) is 1.98. The summed E-state index contributed by atoms with van der Waals surface area (Å²) in [5.74, 6) is -3.29. The first-order valence-electron chi connectivity index (χ1n) is 10.5. The summed E-state index contributed by atoms with van der Waals surface area (Å²) in [7, 11) is 0. The number of allylic oxidation sites excluding steroid dienone is 1. The van der Waals surface area contributed by atoms with Crippen molar-refractivity contribution in [2.75, 3.05) is 6.61 Å². The maximum Gasteiger partial charge on any atom is 0.302 e. The second-order valence-corrected chi connectivity index (χ2v) is 10.6. The normalized spacial score (nSPS) is 53.5. The van der Waals surface area contributed by atoms with Gasteiger partial charge in [0.25, 0.3) is 0 Å². The van der Waals surface area contributed by atoms with Crippen molar-refractivity contribution in [1.29, 1.82) is 0 Å². The van der Waals surface area contributed by atoms with E-state index in [1.807, 2.05) is 0 Å². The molecule has 2 saturated heterocycles. The molecule has 6 heteroatoms. The number of ether oxygens (including phenoxy) is 2. The second-order valence-electron chi connectivity index (χ2n) is 10.6. The van der Waals surface area contributed by atoms with Gasteiger partial charge in [0.2, 0.25) is 5.79 Å². The van der Waals surface area contributed by atoms with Gasteiger partial charge in [0.15, 0.2) is 5.78 Å². The summed E-state index contributed by atoms with van der Waals surface area (Å²) in [4.78, 5) is 25.5. The first-order chi connectivity index (χ1) is 13.0. The molecular formula is C22H30O6. The Morgan fingerprint density at radius 3 is 2.68 bits per heavy atom. The summed E-state index contributed by atoms with van der Waals surface area (Å²) in [5, 5.41) is 23.2. The largest absolute Gasteiger partial charge is 0.462 e. The molecule has 4 bridgehead atoms. The van der Waals surface area contributed by atoms with E-state index in [2.05, 4.69) is 20.4 Å². The molecule has 2 unspecified atom stereocenters. The SMILES string of the molecule is C=C1C(=O)[C@]23C[C@H]1C[C@@H](OC(C)=O)C2[C@]12CCCC(C)(C)[C@@H]1[C@H](O)C3(O)OC2. The van der Waals surface area contributed by atoms with Crippen LogP contribution < -0.4 is 0 Å². The van der Waals surface area contributed by atoms with Crippen LogP contribution in [0.25, 0.3) is 0 Å². The lowest BCUT2D eigenvalue weighted by molar-refractivity contribution is -0.445. The predicted molar refractivity (Wildman–Crippen MR) is 98.8 cm³/mol. The average molecular weight is 390 g/mol. The highest BCUT2D eigenvalue weighted by Crippen LogP contribution is 2.76. The zero-order valence-corrected chi connectivity index (χ0v) is 16.9. The van der Waals surface area contributed by atoms with E-state index in [0.29, 0.717) is 18.4 Å². The highest BCUT2D eigenvalue weighted by molar-refractivity contribution is 6.04. The van der Waals surface area contributed by atoms with Gasteiger partial charge in [-0.25, -0.2) is 0 Å². The van der Waals surface area contributed by atoms with Gasteiger partial charge < -0.3 is 19.7 Å². The van der Waals surface area contributed by atoms with Crippen molar-refractivity contribution in [3.8, 4) is 0 Å². The summed E-state index contributed by atoms with van der Waals surface area (Å²) >= 11 is 0. The lowest BCUT2D eigenvalue weighted by Crippen LogP contribution is -2.83. The smallest absolute Gasteiger partial charge is 0.302 e. The highest BCUT2D eigenvalue weighted by Gasteiger charge is 2.84. The summed E-state index contributed by atoms with van der Waals surface area (Å²) in [5.41, 5.74) is -1.53. The minimum absolute atomic E-state index is 0.154. The number of aliphatic hydroxyl groups excluding tert-OH is 1. The van der Waals surface area contributed by atoms with Gasteiger partial charge in [-0.2, -0.15) is 0 Å². The number of ketones is 1. The van der Waals surface area contributed by atoms with Gasteiger partial charge in [-0.3, -0.25) is 9.59 Å². The van der Waals surface area contributed by atoms with Crippen LogP contribution in [0.2, 0.25) is 0 Å². The first kappa shape index (κ1) is 18.8. The van der Waals surface area contributed by atoms with Crippen molar-refractivity contribution in [3.63, 3.8) is 0 Å². The average Bonchev–Trinajstić information content (AvgIpc) is 2.78. The van der Waals surface area contributed by atoms with Crippen LogP contribution in [-0.2, 0) is 19.1 Å². The molecule has 0 aromatic rings. The lowest BCUT2D eigenvalue weighted by Gasteiger charge is -2.73. The Morgan fingerprint density at radius 2 is 2.00 bits per heavy atom. The third-order valence-electron chi connectivity index (χ3n) is 8.96. The molecule has 6 nitrogen and oxygen atoms in total. The van der Waals surface area contributed by atoms with Crippen LogP contribution in [0.15, 0.2) is 12.2 Å². The fourth-order valence-electron chi connectivity index (χ4n) is 8.28. The van der Waals surface area contributed by atoms with Crippen LogP contribution in [0.1, 0.15) is 52.9 Å². The quantitative estimate of drug-likeness (QED) is 0.525. The molecule has 6 rings (SSSR count). The lowest BCUT2D eigenvalue weighted by atomic mass is 9.36. The summed E-state index contributed by atoms with van der Waals surface area (Å²) in [6, 6.07) is 0. The molecule has 0 aromatic carbocycles. The molecule has 28 heavy (non-hydrogen) atoms. The number of Topliss-reactive ketones (excluding diaryl/α,β-unsaturated/α-hetero) is 1. The van der Waals surface area contributed by atoms with Crippen LogP contribution in [0.5, 0.6) is 0 Å². The molecule has 2 N–H and O–H groups in total. The number of fused-ring (bicyclic) bond motifs is 2. The van der Waals surface area contributed by atoms with Gasteiger partial charge in [0.1, 0.15) is 12.2 Å². The van der Waals surface area contributed by atoms with Gasteiger partial charge in [-0.05, 0) is 42.6 Å². The number of aliphatic hydroxyl groups is 2. The minimum atomic E-state index is -1.97. The van der Waals surface area contributed by atoms with Gasteiger partial charge in [0.05, 0.1) is 12.0 Å². The van der Waals surface area contributed by atoms with Crippen LogP contribution in [0, 0.1) is 34.0 Å². The third-order valence-corrected chi connectivity index (χ3v) is 8.96. The Bertz CT molecular complexity index is 788. The standard InChI is InChI=1S/C22H30O6/c1-11-13-8-14(28-12(2)23)15-20-7-5-6-19(3,4)16(20)18(25)22(26,27-10-20)21(15,9-13)17(11)24/h13-16,18,25-26H,1,5-10H2,2-4H3/t13-,14-,15?,16+,18+,20-,21+,22?/m1/s1. The van der Waals surface area contributed by atoms with Crippen molar-refractivity contribution in [2.45, 2.75) is 70.9 Å². The van der Waals surface area contributed by atoms with E-state index in [0.717, 1.165) is 19.3 Å². The third kappa shape index (κ3) is 1.81. The van der Waals surface area contributed by atoms with Crippen molar-refractivity contribution >= 4 is 11.8 Å². The number of carbonyl (C=O) groups excluding carboxylic acids is 2. The Morgan fingerprint density at radius 1 is 1.29 bits per heavy atom. The molecule has 154 valence electrons. The molecule has 2 aliphatic heterocycles. The zero-order valence-electron chi connectivity index (χ0n) is 16.9. The first-order valence-corrected chi connectivity index (χ1v) is 10.5. The fourth-order valence-corrected chi connectivity index (χ4v) is 8.28. The monoisotopic (exact) mass is 390 g/mol. The maximum absolute atomic E-state index is 13.6. The molecule has 2 heterocycles. The van der Waals surface area contributed by atoms with Gasteiger partial charge in [0, 0.05) is 24.2 Å². The molecule has 2 spiro atoms. The van der Waals surface area contributed by atoms with E-state index in [9.17, 15) is 19.8 Å². The summed E-state index contributed by atoms with van der Waals surface area (Å²) < 4.78 is 11.8. The van der Waals surface area contributed by atoms with E-state index in [1.54, 1.807) is 0 Å². The molecule has 0 aromatic heterocycles. The van der Waals surface area contributed by atoms with E-state index in [1.165, 1.54) is 6.92 Å². The molecule has 0 radical (unpaired) electrons. The Balaban J connectivity index is 1.77. The van der Waals surface area contributed by atoms with Gasteiger partial charge in [-0.15, -0.1) is 0 Å². The van der Waals surface area contributed by atoms with Crippen molar-refractivity contribution in [2.24, 2.45) is 34.0 Å². The molecule has 6 aliphatic rings. The van der Waals surface area contributed by atoms with Crippen LogP contribution in [-0.4, -0.2) is 46.6 Å². The Hall–Kier alpha value is -1.24. The molecule has 6 fully saturated rings. The molecule has 0 amide bonds. The van der Waals surface area contributed by atoms with Gasteiger partial charge >= 0.3 is 5.97 Å². The van der Waals surface area contributed by atoms with Crippen LogP contribution >= 0.6 is 0 Å². The van der Waals surface area contributed by atoms with Crippen LogP contribution in [0.3, 0.4) is 0 Å². The van der Waals surface area contributed by atoms with E-state index in [4.69, 9.17) is 9.47 Å². The number of esters is 1. The summed E-state index contributed by atoms with van der Waals surface area (Å²) in [6.07, 6.45) is 2.03. The minimum Gasteiger partial charge on any atom is -0.462 e. The number of carbonyl (C=O) groups is 2. The van der Waals surface area contributed by atoms with E-state index in [-0.39, 0.29) is 41.5 Å². The number of rotatable bonds is 1. The summed E-state index contributed by atoms with van der Waals surface area (Å²) in [6.45, 7) is 9.93. The van der Waals surface area contributed by atoms with Crippen molar-refractivity contribution in [1.82, 2.24) is 0 Å². The second kappa shape index (κ2) is 5.27. The highest BCUT2D eigenvalue weighted by atomic mass is 16.6. The fraction of sp³-hybridized carbons (Fsp3) is 0.818. The molecule has 4 aliphatic carbocycles.